The Bertz CT molecular complexity index is 370. The SMILES string of the molecule is CC#CCC(C/C=C\COC)(C(=O)OC)C(=O)OC. The number of rotatable bonds is 7. The fourth-order valence-corrected chi connectivity index (χ4v) is 1.55. The largest absolute Gasteiger partial charge is 0.468 e. The number of ether oxygens (including phenoxy) is 3. The first-order valence-corrected chi connectivity index (χ1v) is 5.79. The van der Waals surface area contributed by atoms with Gasteiger partial charge in [0.2, 0.25) is 0 Å². The van der Waals surface area contributed by atoms with E-state index in [4.69, 9.17) is 14.2 Å². The van der Waals surface area contributed by atoms with Crippen molar-refractivity contribution >= 4 is 11.9 Å². The van der Waals surface area contributed by atoms with E-state index in [0.29, 0.717) is 6.61 Å². The summed E-state index contributed by atoms with van der Waals surface area (Å²) < 4.78 is 14.3. The molecule has 0 N–H and O–H groups in total. The molecule has 0 saturated heterocycles. The lowest BCUT2D eigenvalue weighted by molar-refractivity contribution is -0.168. The highest BCUT2D eigenvalue weighted by atomic mass is 16.5. The number of hydrogen-bond acceptors (Lipinski definition) is 5. The van der Waals surface area contributed by atoms with Gasteiger partial charge in [0.25, 0.3) is 0 Å². The fraction of sp³-hybridized carbons (Fsp3) is 0.571. The van der Waals surface area contributed by atoms with Crippen LogP contribution >= 0.6 is 0 Å². The number of allylic oxidation sites excluding steroid dienone is 1. The zero-order valence-corrected chi connectivity index (χ0v) is 11.8. The number of carbonyl (C=O) groups is 2. The van der Waals surface area contributed by atoms with E-state index in [1.54, 1.807) is 26.2 Å². The molecular weight excluding hydrogens is 248 g/mol. The van der Waals surface area contributed by atoms with Crippen LogP contribution < -0.4 is 0 Å². The van der Waals surface area contributed by atoms with Crippen LogP contribution in [0.25, 0.3) is 0 Å². The second-order valence-electron chi connectivity index (χ2n) is 3.80. The van der Waals surface area contributed by atoms with Crippen LogP contribution in [0.2, 0.25) is 0 Å². The molecule has 0 aromatic rings. The van der Waals surface area contributed by atoms with E-state index in [1.807, 2.05) is 0 Å². The van der Waals surface area contributed by atoms with Crippen molar-refractivity contribution in [1.29, 1.82) is 0 Å². The molecule has 0 spiro atoms. The van der Waals surface area contributed by atoms with E-state index in [1.165, 1.54) is 14.2 Å². The Morgan fingerprint density at radius 2 is 1.68 bits per heavy atom. The van der Waals surface area contributed by atoms with Gasteiger partial charge in [-0.3, -0.25) is 9.59 Å². The van der Waals surface area contributed by atoms with Crippen molar-refractivity contribution in [3.63, 3.8) is 0 Å². The molecule has 0 saturated carbocycles. The molecule has 106 valence electrons. The molecule has 0 heterocycles. The Labute approximate surface area is 113 Å². The molecule has 0 radical (unpaired) electrons. The van der Waals surface area contributed by atoms with E-state index in [9.17, 15) is 9.59 Å². The highest BCUT2D eigenvalue weighted by molar-refractivity contribution is 6.00. The summed E-state index contributed by atoms with van der Waals surface area (Å²) in [4.78, 5) is 23.9. The van der Waals surface area contributed by atoms with E-state index in [2.05, 4.69) is 11.8 Å². The second-order valence-corrected chi connectivity index (χ2v) is 3.80. The minimum absolute atomic E-state index is 0.0557. The van der Waals surface area contributed by atoms with Crippen molar-refractivity contribution in [2.75, 3.05) is 27.9 Å². The predicted octanol–water partition coefficient (Wildman–Crippen LogP) is 1.32. The van der Waals surface area contributed by atoms with Gasteiger partial charge < -0.3 is 14.2 Å². The van der Waals surface area contributed by atoms with Crippen molar-refractivity contribution in [2.24, 2.45) is 5.41 Å². The van der Waals surface area contributed by atoms with Gasteiger partial charge in [-0.1, -0.05) is 12.2 Å². The van der Waals surface area contributed by atoms with Crippen LogP contribution in [0.4, 0.5) is 0 Å². The summed E-state index contributed by atoms with van der Waals surface area (Å²) in [7, 11) is 4.03. The highest BCUT2D eigenvalue weighted by Gasteiger charge is 2.46. The molecule has 0 amide bonds. The summed E-state index contributed by atoms with van der Waals surface area (Å²) in [5, 5.41) is 0. The Morgan fingerprint density at radius 3 is 2.11 bits per heavy atom. The molecule has 5 nitrogen and oxygen atoms in total. The smallest absolute Gasteiger partial charge is 0.324 e. The highest BCUT2D eigenvalue weighted by Crippen LogP contribution is 2.30. The van der Waals surface area contributed by atoms with Crippen LogP contribution in [0.1, 0.15) is 19.8 Å². The second kappa shape index (κ2) is 9.17. The van der Waals surface area contributed by atoms with Crippen molar-refractivity contribution in [1.82, 2.24) is 0 Å². The zero-order chi connectivity index (χ0) is 14.7. The number of methoxy groups -OCH3 is 3. The van der Waals surface area contributed by atoms with Crippen molar-refractivity contribution in [3.05, 3.63) is 12.2 Å². The first-order chi connectivity index (χ1) is 9.08. The first-order valence-electron chi connectivity index (χ1n) is 5.79. The molecule has 0 aliphatic heterocycles. The average Bonchev–Trinajstić information content (AvgIpc) is 2.45. The topological polar surface area (TPSA) is 61.8 Å². The van der Waals surface area contributed by atoms with Crippen LogP contribution in [0.5, 0.6) is 0 Å². The van der Waals surface area contributed by atoms with Gasteiger partial charge in [-0.25, -0.2) is 0 Å². The molecule has 0 aliphatic carbocycles. The van der Waals surface area contributed by atoms with Gasteiger partial charge in [0.1, 0.15) is 0 Å². The monoisotopic (exact) mass is 268 g/mol. The molecule has 0 unspecified atom stereocenters. The van der Waals surface area contributed by atoms with Crippen LogP contribution in [0, 0.1) is 17.3 Å². The van der Waals surface area contributed by atoms with Crippen LogP contribution in [0.15, 0.2) is 12.2 Å². The molecule has 0 aromatic heterocycles. The van der Waals surface area contributed by atoms with Crippen molar-refractivity contribution in [2.45, 2.75) is 19.8 Å². The molecule has 0 aromatic carbocycles. The maximum absolute atomic E-state index is 11.9. The summed E-state index contributed by atoms with van der Waals surface area (Å²) in [6, 6.07) is 0. The van der Waals surface area contributed by atoms with Gasteiger partial charge in [0.05, 0.1) is 20.8 Å². The molecule has 5 heteroatoms. The van der Waals surface area contributed by atoms with Gasteiger partial charge in [-0.05, 0) is 13.3 Å². The maximum atomic E-state index is 11.9. The minimum Gasteiger partial charge on any atom is -0.468 e. The van der Waals surface area contributed by atoms with Crippen LogP contribution in [-0.2, 0) is 23.8 Å². The van der Waals surface area contributed by atoms with E-state index < -0.39 is 17.4 Å². The molecule has 0 fully saturated rings. The lowest BCUT2D eigenvalue weighted by atomic mass is 9.81. The molecule has 0 bridgehead atoms. The number of hydrogen-bond donors (Lipinski definition) is 0. The quantitative estimate of drug-likeness (QED) is 0.302. The van der Waals surface area contributed by atoms with Crippen molar-refractivity contribution < 1.29 is 23.8 Å². The molecule has 0 aliphatic rings. The molecule has 0 atom stereocenters. The van der Waals surface area contributed by atoms with Crippen molar-refractivity contribution in [3.8, 4) is 11.8 Å². The Hall–Kier alpha value is -1.80. The van der Waals surface area contributed by atoms with Crippen LogP contribution in [0.3, 0.4) is 0 Å². The van der Waals surface area contributed by atoms with Gasteiger partial charge in [0.15, 0.2) is 5.41 Å². The van der Waals surface area contributed by atoms with E-state index >= 15 is 0 Å². The molecule has 19 heavy (non-hydrogen) atoms. The lowest BCUT2D eigenvalue weighted by Gasteiger charge is -2.24. The predicted molar refractivity (Wildman–Crippen MR) is 70.2 cm³/mol. The Kier molecular flexibility index (Phi) is 8.30. The van der Waals surface area contributed by atoms with Gasteiger partial charge in [-0.2, -0.15) is 0 Å². The maximum Gasteiger partial charge on any atom is 0.324 e. The Morgan fingerprint density at radius 1 is 1.11 bits per heavy atom. The fourth-order valence-electron chi connectivity index (χ4n) is 1.55. The van der Waals surface area contributed by atoms with Crippen LogP contribution in [-0.4, -0.2) is 39.9 Å². The third kappa shape index (κ3) is 4.76. The third-order valence-corrected chi connectivity index (χ3v) is 2.62. The van der Waals surface area contributed by atoms with E-state index in [-0.39, 0.29) is 12.8 Å². The van der Waals surface area contributed by atoms with Gasteiger partial charge in [-0.15, -0.1) is 11.8 Å². The first kappa shape index (κ1) is 17.2. The Balaban J connectivity index is 5.27. The number of carbonyl (C=O) groups excluding carboxylic acids is 2. The zero-order valence-electron chi connectivity index (χ0n) is 11.8. The average molecular weight is 268 g/mol. The van der Waals surface area contributed by atoms with E-state index in [0.717, 1.165) is 0 Å². The number of esters is 2. The summed E-state index contributed by atoms with van der Waals surface area (Å²) in [5.74, 6) is 4.11. The summed E-state index contributed by atoms with van der Waals surface area (Å²) in [5.41, 5.74) is -1.42. The summed E-state index contributed by atoms with van der Waals surface area (Å²) in [6.07, 6.45) is 3.62. The summed E-state index contributed by atoms with van der Waals surface area (Å²) in [6.45, 7) is 2.04. The van der Waals surface area contributed by atoms with Gasteiger partial charge in [0, 0.05) is 13.5 Å². The summed E-state index contributed by atoms with van der Waals surface area (Å²) >= 11 is 0. The standard InChI is InChI=1S/C14H20O5/c1-5-6-9-14(12(15)18-3,13(16)19-4)10-7-8-11-17-2/h7-8H,9-11H2,1-4H3/b8-7-. The van der Waals surface area contributed by atoms with Gasteiger partial charge >= 0.3 is 11.9 Å². The molecular formula is C14H20O5. The normalized spacial score (nSPS) is 10.7. The lowest BCUT2D eigenvalue weighted by Crippen LogP contribution is -2.40. The minimum atomic E-state index is -1.42. The third-order valence-electron chi connectivity index (χ3n) is 2.62. The molecule has 0 rings (SSSR count).